The van der Waals surface area contributed by atoms with Gasteiger partial charge in [0.05, 0.1) is 0 Å². The summed E-state index contributed by atoms with van der Waals surface area (Å²) >= 11 is 0.562. The summed E-state index contributed by atoms with van der Waals surface area (Å²) in [6, 6.07) is 21.7. The minimum absolute atomic E-state index is 0.562. The second-order valence-corrected chi connectivity index (χ2v) is 7.23. The average Bonchev–Trinajstić information content (AvgIpc) is 2.95. The Hall–Kier alpha value is -1.08. The van der Waals surface area contributed by atoms with Crippen LogP contribution in [-0.4, -0.2) is 28.2 Å². The van der Waals surface area contributed by atoms with Gasteiger partial charge < -0.3 is 0 Å². The van der Waals surface area contributed by atoms with Crippen molar-refractivity contribution in [3.8, 4) is 0 Å². The van der Waals surface area contributed by atoms with Crippen LogP contribution in [0.15, 0.2) is 60.7 Å². The molecule has 2 heteroatoms. The van der Waals surface area contributed by atoms with Crippen LogP contribution in [0.5, 0.6) is 0 Å². The molecule has 1 aliphatic heterocycles. The van der Waals surface area contributed by atoms with Crippen molar-refractivity contribution < 1.29 is 4.74 Å². The van der Waals surface area contributed by atoms with E-state index in [9.17, 15) is 0 Å². The summed E-state index contributed by atoms with van der Waals surface area (Å²) in [5, 5.41) is 1.27. The van der Waals surface area contributed by atoms with Gasteiger partial charge in [-0.1, -0.05) is 0 Å². The van der Waals surface area contributed by atoms with Crippen LogP contribution in [0.1, 0.15) is 11.5 Å². The van der Waals surface area contributed by atoms with Gasteiger partial charge in [0.2, 0.25) is 0 Å². The summed E-state index contributed by atoms with van der Waals surface area (Å²) < 4.78 is 7.22. The maximum absolute atomic E-state index is 5.72. The molecule has 2 aromatic rings. The van der Waals surface area contributed by atoms with Gasteiger partial charge in [-0.25, -0.2) is 0 Å². The molecule has 1 fully saturated rings. The van der Waals surface area contributed by atoms with Crippen LogP contribution < -0.4 is 4.46 Å². The molecule has 0 aliphatic carbocycles. The first-order valence-electron chi connectivity index (χ1n) is 6.74. The van der Waals surface area contributed by atoms with Crippen LogP contribution in [0.4, 0.5) is 0 Å². The predicted molar refractivity (Wildman–Crippen MR) is 80.1 cm³/mol. The standard InChI is InChI=1S/C17H18OSe/c1-3-7-14(8-4-1)17-12-18-11-15(17)13-19-16-9-5-2-6-10-16/h1-10,15,17H,11-13H2. The van der Waals surface area contributed by atoms with Gasteiger partial charge in [0.15, 0.2) is 0 Å². The van der Waals surface area contributed by atoms with E-state index in [0.717, 1.165) is 13.2 Å². The molecule has 3 rings (SSSR count). The second-order valence-electron chi connectivity index (χ2n) is 4.94. The number of rotatable bonds is 4. The zero-order valence-electron chi connectivity index (χ0n) is 10.9. The van der Waals surface area contributed by atoms with Gasteiger partial charge in [0.1, 0.15) is 0 Å². The van der Waals surface area contributed by atoms with Crippen LogP contribution in [0, 0.1) is 5.92 Å². The third-order valence-electron chi connectivity index (χ3n) is 3.63. The fraction of sp³-hybridized carbons (Fsp3) is 0.294. The molecule has 0 amide bonds. The van der Waals surface area contributed by atoms with Crippen LogP contribution >= 0.6 is 0 Å². The number of hydrogen-bond acceptors (Lipinski definition) is 1. The number of benzene rings is 2. The monoisotopic (exact) mass is 318 g/mol. The SMILES string of the molecule is c1ccc([Se]CC2COCC2c2ccccc2)cc1. The summed E-state index contributed by atoms with van der Waals surface area (Å²) in [7, 11) is 0. The Balaban J connectivity index is 1.64. The normalized spacial score (nSPS) is 22.5. The summed E-state index contributed by atoms with van der Waals surface area (Å²) in [6.45, 7) is 1.81. The van der Waals surface area contributed by atoms with Gasteiger partial charge in [0, 0.05) is 0 Å². The fourth-order valence-corrected chi connectivity index (χ4v) is 4.83. The molecule has 0 saturated carbocycles. The molecule has 2 aromatic carbocycles. The van der Waals surface area contributed by atoms with Crippen molar-refractivity contribution >= 4 is 19.4 Å². The van der Waals surface area contributed by atoms with Crippen molar-refractivity contribution in [1.29, 1.82) is 0 Å². The Morgan fingerprint density at radius 2 is 1.58 bits per heavy atom. The first-order chi connectivity index (χ1) is 9.43. The molecular weight excluding hydrogens is 299 g/mol. The van der Waals surface area contributed by atoms with Crippen molar-refractivity contribution in [2.75, 3.05) is 13.2 Å². The number of hydrogen-bond donors (Lipinski definition) is 0. The van der Waals surface area contributed by atoms with Crippen molar-refractivity contribution in [3.63, 3.8) is 0 Å². The summed E-state index contributed by atoms with van der Waals surface area (Å²) in [5.41, 5.74) is 1.44. The van der Waals surface area contributed by atoms with Crippen LogP contribution in [0.25, 0.3) is 0 Å². The van der Waals surface area contributed by atoms with E-state index < -0.39 is 0 Å². The molecule has 1 aliphatic rings. The zero-order chi connectivity index (χ0) is 12.9. The summed E-state index contributed by atoms with van der Waals surface area (Å²) in [4.78, 5) is 0. The Kier molecular flexibility index (Phi) is 4.34. The van der Waals surface area contributed by atoms with Gasteiger partial charge in [-0.15, -0.1) is 0 Å². The molecule has 0 radical (unpaired) electrons. The molecule has 0 spiro atoms. The molecule has 98 valence electrons. The van der Waals surface area contributed by atoms with E-state index >= 15 is 0 Å². The second kappa shape index (κ2) is 6.38. The first kappa shape index (κ1) is 12.9. The molecular formula is C17H18OSe. The molecule has 0 bridgehead atoms. The Bertz CT molecular complexity index is 497. The van der Waals surface area contributed by atoms with Gasteiger partial charge in [-0.05, 0) is 0 Å². The molecule has 0 aromatic heterocycles. The Morgan fingerprint density at radius 3 is 2.32 bits per heavy atom. The van der Waals surface area contributed by atoms with E-state index in [1.54, 1.807) is 0 Å². The van der Waals surface area contributed by atoms with Crippen LogP contribution in [-0.2, 0) is 4.74 Å². The Labute approximate surface area is 121 Å². The zero-order valence-corrected chi connectivity index (χ0v) is 12.6. The van der Waals surface area contributed by atoms with E-state index in [2.05, 4.69) is 60.7 Å². The minimum atomic E-state index is 0.562. The van der Waals surface area contributed by atoms with E-state index in [-0.39, 0.29) is 0 Å². The van der Waals surface area contributed by atoms with Gasteiger partial charge in [0.25, 0.3) is 0 Å². The van der Waals surface area contributed by atoms with E-state index in [1.165, 1.54) is 15.3 Å². The molecule has 1 nitrogen and oxygen atoms in total. The van der Waals surface area contributed by atoms with E-state index in [0.29, 0.717) is 26.8 Å². The third kappa shape index (κ3) is 3.27. The van der Waals surface area contributed by atoms with Crippen molar-refractivity contribution in [2.45, 2.75) is 11.2 Å². The molecule has 2 unspecified atom stereocenters. The predicted octanol–water partition coefficient (Wildman–Crippen LogP) is 2.86. The van der Waals surface area contributed by atoms with Crippen molar-refractivity contribution in [2.24, 2.45) is 5.92 Å². The van der Waals surface area contributed by atoms with Crippen molar-refractivity contribution in [3.05, 3.63) is 66.2 Å². The van der Waals surface area contributed by atoms with Crippen LogP contribution in [0.3, 0.4) is 0 Å². The molecule has 2 atom stereocenters. The maximum atomic E-state index is 5.72. The summed E-state index contributed by atoms with van der Waals surface area (Å²) in [5.74, 6) is 1.27. The van der Waals surface area contributed by atoms with E-state index in [1.807, 2.05) is 0 Å². The Morgan fingerprint density at radius 1 is 0.895 bits per heavy atom. The molecule has 19 heavy (non-hydrogen) atoms. The number of ether oxygens (including phenoxy) is 1. The third-order valence-corrected chi connectivity index (χ3v) is 6.15. The van der Waals surface area contributed by atoms with Gasteiger partial charge >= 0.3 is 121 Å². The van der Waals surface area contributed by atoms with Gasteiger partial charge in [-0.2, -0.15) is 0 Å². The quantitative estimate of drug-likeness (QED) is 0.788. The fourth-order valence-electron chi connectivity index (χ4n) is 2.55. The van der Waals surface area contributed by atoms with E-state index in [4.69, 9.17) is 4.74 Å². The van der Waals surface area contributed by atoms with Gasteiger partial charge in [-0.3, -0.25) is 0 Å². The molecule has 1 saturated heterocycles. The average molecular weight is 317 g/mol. The topological polar surface area (TPSA) is 9.23 Å². The first-order valence-corrected chi connectivity index (χ1v) is 8.81. The molecule has 0 N–H and O–H groups in total. The molecule has 1 heterocycles. The van der Waals surface area contributed by atoms with Crippen LogP contribution in [0.2, 0.25) is 5.32 Å². The van der Waals surface area contributed by atoms with Crippen molar-refractivity contribution in [1.82, 2.24) is 0 Å². The summed E-state index contributed by atoms with van der Waals surface area (Å²) in [6.07, 6.45) is 0.